The van der Waals surface area contributed by atoms with Crippen LogP contribution in [0.3, 0.4) is 0 Å². The summed E-state index contributed by atoms with van der Waals surface area (Å²) in [6.45, 7) is 10.7. The molecular formula is C11H20N2S. The summed E-state index contributed by atoms with van der Waals surface area (Å²) in [5.41, 5.74) is 2.44. The molecular weight excluding hydrogens is 192 g/mol. The molecule has 0 aliphatic rings. The third-order valence-corrected chi connectivity index (χ3v) is 2.44. The first-order chi connectivity index (χ1) is 6.12. The fraction of sp³-hybridized carbons (Fsp3) is 0.727. The third kappa shape index (κ3) is 2.32. The molecule has 0 bridgehead atoms. The average molecular weight is 212 g/mol. The highest BCUT2D eigenvalue weighted by Crippen LogP contribution is 2.34. The van der Waals surface area contributed by atoms with Crippen molar-refractivity contribution in [1.29, 1.82) is 0 Å². The molecule has 0 aliphatic carbocycles. The van der Waals surface area contributed by atoms with E-state index < -0.39 is 0 Å². The molecule has 0 N–H and O–H groups in total. The topological polar surface area (TPSA) is 17.8 Å². The first-order valence-electron chi connectivity index (χ1n) is 4.89. The molecule has 1 aromatic rings. The van der Waals surface area contributed by atoms with Gasteiger partial charge in [-0.05, 0) is 13.8 Å². The molecule has 0 aromatic carbocycles. The highest BCUT2D eigenvalue weighted by atomic mass is 32.1. The highest BCUT2D eigenvalue weighted by Gasteiger charge is 2.28. The van der Waals surface area contributed by atoms with Crippen LogP contribution in [0.15, 0.2) is 6.20 Å². The second-order valence-electron chi connectivity index (χ2n) is 5.37. The molecule has 1 heterocycles. The lowest BCUT2D eigenvalue weighted by Gasteiger charge is -2.23. The second-order valence-corrected chi connectivity index (χ2v) is 6.49. The SMILES string of the molecule is Cn1cc(C(C)(C)S)c(C(C)(C)C)n1. The van der Waals surface area contributed by atoms with E-state index in [1.54, 1.807) is 0 Å². The fourth-order valence-corrected chi connectivity index (χ4v) is 1.65. The standard InChI is InChI=1S/C11H20N2S/c1-10(2,3)9-8(11(4,5)14)7-13(6)12-9/h7,14H,1-6H3. The Bertz CT molecular complexity index is 295. The maximum absolute atomic E-state index is 4.61. The Morgan fingerprint density at radius 2 is 1.71 bits per heavy atom. The van der Waals surface area contributed by atoms with E-state index in [4.69, 9.17) is 0 Å². The summed E-state index contributed by atoms with van der Waals surface area (Å²) in [5, 5.41) is 4.52. The van der Waals surface area contributed by atoms with Crippen molar-refractivity contribution in [3.63, 3.8) is 0 Å². The minimum Gasteiger partial charge on any atom is -0.275 e. The van der Waals surface area contributed by atoms with E-state index in [0.29, 0.717) is 0 Å². The lowest BCUT2D eigenvalue weighted by molar-refractivity contribution is 0.542. The van der Waals surface area contributed by atoms with Gasteiger partial charge in [0.05, 0.1) is 5.69 Å². The smallest absolute Gasteiger partial charge is 0.0723 e. The normalized spacial score (nSPS) is 13.4. The van der Waals surface area contributed by atoms with E-state index in [1.165, 1.54) is 5.56 Å². The summed E-state index contributed by atoms with van der Waals surface area (Å²) in [6.07, 6.45) is 2.06. The maximum atomic E-state index is 4.61. The summed E-state index contributed by atoms with van der Waals surface area (Å²) >= 11 is 4.61. The molecule has 0 spiro atoms. The van der Waals surface area contributed by atoms with E-state index in [1.807, 2.05) is 11.7 Å². The zero-order chi connectivity index (χ0) is 11.1. The molecule has 0 saturated heterocycles. The van der Waals surface area contributed by atoms with Crippen molar-refractivity contribution >= 4 is 12.6 Å². The van der Waals surface area contributed by atoms with Gasteiger partial charge >= 0.3 is 0 Å². The van der Waals surface area contributed by atoms with E-state index in [-0.39, 0.29) is 10.2 Å². The molecule has 0 unspecified atom stereocenters. The summed E-state index contributed by atoms with van der Waals surface area (Å²) in [6, 6.07) is 0. The molecule has 0 atom stereocenters. The van der Waals surface area contributed by atoms with Crippen molar-refractivity contribution in [2.75, 3.05) is 0 Å². The van der Waals surface area contributed by atoms with Crippen LogP contribution >= 0.6 is 12.6 Å². The van der Waals surface area contributed by atoms with Crippen molar-refractivity contribution in [2.45, 2.75) is 44.8 Å². The Balaban J connectivity index is 3.31. The van der Waals surface area contributed by atoms with Gasteiger partial charge in [0.15, 0.2) is 0 Å². The third-order valence-electron chi connectivity index (χ3n) is 2.20. The molecule has 2 nitrogen and oxygen atoms in total. The van der Waals surface area contributed by atoms with Gasteiger partial charge in [0.2, 0.25) is 0 Å². The summed E-state index contributed by atoms with van der Waals surface area (Å²) in [5.74, 6) is 0. The Labute approximate surface area is 92.1 Å². The minimum atomic E-state index is -0.128. The van der Waals surface area contributed by atoms with Crippen LogP contribution in [0.2, 0.25) is 0 Å². The number of thiol groups is 1. The fourth-order valence-electron chi connectivity index (χ4n) is 1.49. The summed E-state index contributed by atoms with van der Waals surface area (Å²) < 4.78 is 1.74. The lowest BCUT2D eigenvalue weighted by atomic mass is 9.86. The number of nitrogens with zero attached hydrogens (tertiary/aromatic N) is 2. The first-order valence-corrected chi connectivity index (χ1v) is 5.34. The van der Waals surface area contributed by atoms with Gasteiger partial charge in [0.25, 0.3) is 0 Å². The van der Waals surface area contributed by atoms with Gasteiger partial charge in [-0.3, -0.25) is 4.68 Å². The van der Waals surface area contributed by atoms with Crippen LogP contribution in [0.4, 0.5) is 0 Å². The van der Waals surface area contributed by atoms with E-state index in [2.05, 4.69) is 58.5 Å². The Hall–Kier alpha value is -0.440. The van der Waals surface area contributed by atoms with Crippen LogP contribution in [-0.4, -0.2) is 9.78 Å². The molecule has 0 amide bonds. The zero-order valence-electron chi connectivity index (χ0n) is 9.92. The molecule has 1 aromatic heterocycles. The van der Waals surface area contributed by atoms with E-state index in [0.717, 1.165) is 5.69 Å². The Morgan fingerprint density at radius 1 is 1.21 bits per heavy atom. The van der Waals surface area contributed by atoms with Gasteiger partial charge in [0, 0.05) is 29.0 Å². The number of aromatic nitrogens is 2. The molecule has 1 rings (SSSR count). The van der Waals surface area contributed by atoms with Gasteiger partial charge in [-0.1, -0.05) is 20.8 Å². The largest absolute Gasteiger partial charge is 0.275 e. The quantitative estimate of drug-likeness (QED) is 0.709. The number of hydrogen-bond donors (Lipinski definition) is 1. The van der Waals surface area contributed by atoms with E-state index in [9.17, 15) is 0 Å². The molecule has 0 radical (unpaired) electrons. The molecule has 0 aliphatic heterocycles. The molecule has 0 saturated carbocycles. The van der Waals surface area contributed by atoms with Crippen molar-refractivity contribution in [1.82, 2.24) is 9.78 Å². The van der Waals surface area contributed by atoms with Crippen LogP contribution < -0.4 is 0 Å². The molecule has 14 heavy (non-hydrogen) atoms. The van der Waals surface area contributed by atoms with Crippen molar-refractivity contribution in [2.24, 2.45) is 7.05 Å². The Kier molecular flexibility index (Phi) is 2.74. The van der Waals surface area contributed by atoms with Gasteiger partial charge in [0.1, 0.15) is 0 Å². The predicted octanol–water partition coefficient (Wildman–Crippen LogP) is 2.88. The van der Waals surface area contributed by atoms with Crippen molar-refractivity contribution in [3.05, 3.63) is 17.5 Å². The number of hydrogen-bond acceptors (Lipinski definition) is 2. The van der Waals surface area contributed by atoms with Crippen LogP contribution in [0.1, 0.15) is 45.9 Å². The summed E-state index contributed by atoms with van der Waals surface area (Å²) in [7, 11) is 1.96. The van der Waals surface area contributed by atoms with Gasteiger partial charge in [-0.2, -0.15) is 17.7 Å². The zero-order valence-corrected chi connectivity index (χ0v) is 10.8. The number of aryl methyl sites for hydroxylation is 1. The van der Waals surface area contributed by atoms with Gasteiger partial charge in [-0.25, -0.2) is 0 Å². The minimum absolute atomic E-state index is 0.0800. The van der Waals surface area contributed by atoms with Gasteiger partial charge < -0.3 is 0 Å². The predicted molar refractivity (Wildman–Crippen MR) is 63.9 cm³/mol. The molecule has 0 fully saturated rings. The first kappa shape index (κ1) is 11.6. The second kappa shape index (κ2) is 3.30. The van der Waals surface area contributed by atoms with E-state index >= 15 is 0 Å². The molecule has 80 valence electrons. The Morgan fingerprint density at radius 3 is 2.00 bits per heavy atom. The van der Waals surface area contributed by atoms with Crippen molar-refractivity contribution in [3.8, 4) is 0 Å². The summed E-state index contributed by atoms with van der Waals surface area (Å²) in [4.78, 5) is 0. The molecule has 3 heteroatoms. The van der Waals surface area contributed by atoms with Crippen LogP contribution in [-0.2, 0) is 17.2 Å². The van der Waals surface area contributed by atoms with Crippen LogP contribution in [0.25, 0.3) is 0 Å². The van der Waals surface area contributed by atoms with Crippen LogP contribution in [0, 0.1) is 0 Å². The average Bonchev–Trinajstić information content (AvgIpc) is 2.27. The van der Waals surface area contributed by atoms with Crippen LogP contribution in [0.5, 0.6) is 0 Å². The van der Waals surface area contributed by atoms with Crippen molar-refractivity contribution < 1.29 is 0 Å². The highest BCUT2D eigenvalue weighted by molar-refractivity contribution is 7.81. The monoisotopic (exact) mass is 212 g/mol. The van der Waals surface area contributed by atoms with Gasteiger partial charge in [-0.15, -0.1) is 0 Å². The number of rotatable bonds is 1. The maximum Gasteiger partial charge on any atom is 0.0723 e. The lowest BCUT2D eigenvalue weighted by Crippen LogP contribution is -2.19.